The van der Waals surface area contributed by atoms with Gasteiger partial charge in [0.15, 0.2) is 6.61 Å². The molecular weight excluding hydrogens is 379 g/mol. The molecule has 7 nitrogen and oxygen atoms in total. The summed E-state index contributed by atoms with van der Waals surface area (Å²) in [6.07, 6.45) is -3.20. The first-order valence-electron chi connectivity index (χ1n) is 8.20. The molecule has 0 aliphatic carbocycles. The van der Waals surface area contributed by atoms with Crippen LogP contribution in [0.1, 0.15) is 27.8 Å². The summed E-state index contributed by atoms with van der Waals surface area (Å²) in [5, 5.41) is 3.68. The van der Waals surface area contributed by atoms with Crippen LogP contribution in [-0.2, 0) is 13.2 Å². The third kappa shape index (κ3) is 5.35. The number of rotatable bonds is 7. The van der Waals surface area contributed by atoms with Crippen molar-refractivity contribution in [2.75, 3.05) is 6.54 Å². The number of benzene rings is 1. The number of alkyl halides is 3. The minimum Gasteiger partial charge on any atom is -0.485 e. The van der Waals surface area contributed by atoms with Crippen molar-refractivity contribution in [3.8, 4) is 5.75 Å². The molecule has 0 fully saturated rings. The molecule has 0 unspecified atom stereocenters. The van der Waals surface area contributed by atoms with Gasteiger partial charge in [-0.2, -0.15) is 18.2 Å². The van der Waals surface area contributed by atoms with E-state index in [9.17, 15) is 18.0 Å². The number of carbonyl (C=O) groups is 1. The van der Waals surface area contributed by atoms with E-state index in [4.69, 9.17) is 13.7 Å². The second-order valence-corrected chi connectivity index (χ2v) is 5.90. The van der Waals surface area contributed by atoms with Crippen molar-refractivity contribution in [1.29, 1.82) is 0 Å². The minimum absolute atomic E-state index is 0.0589. The number of ether oxygens (including phenoxy) is 1. The monoisotopic (exact) mass is 395 g/mol. The molecule has 0 bridgehead atoms. The van der Waals surface area contributed by atoms with E-state index in [-0.39, 0.29) is 24.5 Å². The number of nitrogens with zero attached hydrogens (tertiary/aromatic N) is 3. The maximum Gasteiger partial charge on any atom is 0.406 e. The Morgan fingerprint density at radius 3 is 2.54 bits per heavy atom. The van der Waals surface area contributed by atoms with E-state index in [1.807, 2.05) is 0 Å². The van der Waals surface area contributed by atoms with Crippen LogP contribution in [-0.4, -0.2) is 33.7 Å². The summed E-state index contributed by atoms with van der Waals surface area (Å²) in [5.74, 6) is 0.655. The zero-order chi connectivity index (χ0) is 20.1. The molecular formula is C18H16F3N3O4. The van der Waals surface area contributed by atoms with Crippen LogP contribution in [0.4, 0.5) is 13.2 Å². The summed E-state index contributed by atoms with van der Waals surface area (Å²) in [6.45, 7) is 0.0262. The predicted molar refractivity (Wildman–Crippen MR) is 89.3 cm³/mol. The second kappa shape index (κ2) is 8.15. The lowest BCUT2D eigenvalue weighted by atomic mass is 10.2. The van der Waals surface area contributed by atoms with Gasteiger partial charge >= 0.3 is 6.18 Å². The lowest BCUT2D eigenvalue weighted by molar-refractivity contribution is -0.142. The number of hydrogen-bond acceptors (Lipinski definition) is 6. The summed E-state index contributed by atoms with van der Waals surface area (Å²) in [4.78, 5) is 17.2. The van der Waals surface area contributed by atoms with Crippen molar-refractivity contribution in [2.24, 2.45) is 0 Å². The molecule has 0 aliphatic heterocycles. The van der Waals surface area contributed by atoms with Gasteiger partial charge in [-0.05, 0) is 36.4 Å². The molecule has 148 valence electrons. The van der Waals surface area contributed by atoms with Crippen molar-refractivity contribution < 1.29 is 31.6 Å². The number of amides is 1. The maximum atomic E-state index is 12.9. The highest BCUT2D eigenvalue weighted by Gasteiger charge is 2.33. The highest BCUT2D eigenvalue weighted by molar-refractivity contribution is 5.94. The van der Waals surface area contributed by atoms with Gasteiger partial charge in [0, 0.05) is 12.5 Å². The van der Waals surface area contributed by atoms with Crippen LogP contribution >= 0.6 is 0 Å². The first kappa shape index (κ1) is 19.5. The first-order valence-corrected chi connectivity index (χ1v) is 8.20. The molecule has 3 rings (SSSR count). The van der Waals surface area contributed by atoms with Gasteiger partial charge in [-0.1, -0.05) is 5.16 Å². The second-order valence-electron chi connectivity index (χ2n) is 5.90. The average Bonchev–Trinajstić information content (AvgIpc) is 3.30. The zero-order valence-corrected chi connectivity index (χ0v) is 14.8. The largest absolute Gasteiger partial charge is 0.485 e. The van der Waals surface area contributed by atoms with Crippen LogP contribution in [0.15, 0.2) is 51.6 Å². The van der Waals surface area contributed by atoms with Gasteiger partial charge in [-0.3, -0.25) is 4.79 Å². The minimum atomic E-state index is -4.53. The van der Waals surface area contributed by atoms with Crippen LogP contribution in [0.5, 0.6) is 5.75 Å². The predicted octanol–water partition coefficient (Wildman–Crippen LogP) is 3.75. The Kier molecular flexibility index (Phi) is 5.67. The quantitative estimate of drug-likeness (QED) is 0.606. The number of carbonyl (C=O) groups excluding carboxylic acids is 1. The zero-order valence-electron chi connectivity index (χ0n) is 14.8. The van der Waals surface area contributed by atoms with Gasteiger partial charge < -0.3 is 18.6 Å². The van der Waals surface area contributed by atoms with E-state index in [1.165, 1.54) is 36.6 Å². The van der Waals surface area contributed by atoms with E-state index in [0.717, 1.165) is 0 Å². The van der Waals surface area contributed by atoms with E-state index in [2.05, 4.69) is 10.1 Å². The Hall–Kier alpha value is -3.30. The standard InChI is InChI=1S/C18H16F3N3O4/c1-12-22-16(23-28-12)10-27-14-6-4-13(5-7-14)17(25)24(11-18(19,20)21)9-15-3-2-8-26-15/h2-8H,9-11H2,1H3. The Bertz CT molecular complexity index is 905. The number of furan rings is 1. The molecule has 2 heterocycles. The van der Waals surface area contributed by atoms with Crippen LogP contribution in [0.2, 0.25) is 0 Å². The van der Waals surface area contributed by atoms with Crippen molar-refractivity contribution in [2.45, 2.75) is 26.3 Å². The Labute approximate surface area is 157 Å². The number of aromatic nitrogens is 2. The molecule has 0 spiro atoms. The van der Waals surface area contributed by atoms with Gasteiger partial charge in [-0.25, -0.2) is 0 Å². The van der Waals surface area contributed by atoms with Gasteiger partial charge in [0.25, 0.3) is 5.91 Å². The van der Waals surface area contributed by atoms with E-state index in [1.54, 1.807) is 13.0 Å². The first-order chi connectivity index (χ1) is 13.3. The highest BCUT2D eigenvalue weighted by atomic mass is 19.4. The molecule has 1 amide bonds. The molecule has 0 atom stereocenters. The van der Waals surface area contributed by atoms with Crippen LogP contribution < -0.4 is 4.74 Å². The lowest BCUT2D eigenvalue weighted by Crippen LogP contribution is -2.38. The molecule has 28 heavy (non-hydrogen) atoms. The summed E-state index contributed by atoms with van der Waals surface area (Å²) in [7, 11) is 0. The molecule has 1 aromatic carbocycles. The number of hydrogen-bond donors (Lipinski definition) is 0. The normalized spacial score (nSPS) is 11.4. The summed E-state index contributed by atoms with van der Waals surface area (Å²) in [6, 6.07) is 8.81. The molecule has 0 aliphatic rings. The SMILES string of the molecule is Cc1nc(COc2ccc(C(=O)N(Cc3ccco3)CC(F)(F)F)cc2)no1. The average molecular weight is 395 g/mol. The van der Waals surface area contributed by atoms with Gasteiger partial charge in [0.1, 0.15) is 18.1 Å². The maximum absolute atomic E-state index is 12.9. The van der Waals surface area contributed by atoms with Gasteiger partial charge in [-0.15, -0.1) is 0 Å². The van der Waals surface area contributed by atoms with Crippen LogP contribution in [0, 0.1) is 6.92 Å². The molecule has 0 N–H and O–H groups in total. The number of aryl methyl sites for hydroxylation is 1. The van der Waals surface area contributed by atoms with Crippen LogP contribution in [0.25, 0.3) is 0 Å². The molecule has 10 heteroatoms. The fraction of sp³-hybridized carbons (Fsp3) is 0.278. The molecule has 0 saturated carbocycles. The number of halogens is 3. The molecule has 3 aromatic rings. The van der Waals surface area contributed by atoms with Crippen molar-refractivity contribution >= 4 is 5.91 Å². The third-order valence-corrected chi connectivity index (χ3v) is 3.62. The van der Waals surface area contributed by atoms with Crippen LogP contribution in [0.3, 0.4) is 0 Å². The molecule has 0 radical (unpaired) electrons. The Morgan fingerprint density at radius 2 is 1.96 bits per heavy atom. The van der Waals surface area contributed by atoms with Gasteiger partial charge in [0.05, 0.1) is 12.8 Å². The van der Waals surface area contributed by atoms with Crippen molar-refractivity contribution in [3.63, 3.8) is 0 Å². The summed E-state index contributed by atoms with van der Waals surface area (Å²) >= 11 is 0. The highest BCUT2D eigenvalue weighted by Crippen LogP contribution is 2.21. The van der Waals surface area contributed by atoms with E-state index >= 15 is 0 Å². The molecule has 2 aromatic heterocycles. The van der Waals surface area contributed by atoms with Crippen molar-refractivity contribution in [1.82, 2.24) is 15.0 Å². The fourth-order valence-corrected chi connectivity index (χ4v) is 2.43. The molecule has 0 saturated heterocycles. The lowest BCUT2D eigenvalue weighted by Gasteiger charge is -2.23. The summed E-state index contributed by atoms with van der Waals surface area (Å²) in [5.41, 5.74) is 0.0959. The van der Waals surface area contributed by atoms with E-state index in [0.29, 0.717) is 22.4 Å². The van der Waals surface area contributed by atoms with Gasteiger partial charge in [0.2, 0.25) is 11.7 Å². The fourth-order valence-electron chi connectivity index (χ4n) is 2.43. The Morgan fingerprint density at radius 1 is 1.21 bits per heavy atom. The Balaban J connectivity index is 1.67. The third-order valence-electron chi connectivity index (χ3n) is 3.62. The smallest absolute Gasteiger partial charge is 0.406 e. The summed E-state index contributed by atoms with van der Waals surface area (Å²) < 4.78 is 54.0. The van der Waals surface area contributed by atoms with E-state index < -0.39 is 18.6 Å². The van der Waals surface area contributed by atoms with Crippen molar-refractivity contribution in [3.05, 3.63) is 65.7 Å². The topological polar surface area (TPSA) is 81.6 Å².